The van der Waals surface area contributed by atoms with Gasteiger partial charge in [-0.05, 0) is 60.2 Å². The van der Waals surface area contributed by atoms with Crippen LogP contribution in [-0.2, 0) is 16.6 Å². The molecule has 0 radical (unpaired) electrons. The van der Waals surface area contributed by atoms with E-state index in [1.165, 1.54) is 11.4 Å². The molecule has 0 aliphatic rings. The lowest BCUT2D eigenvalue weighted by Gasteiger charge is -2.23. The van der Waals surface area contributed by atoms with Gasteiger partial charge in [-0.2, -0.15) is 0 Å². The Morgan fingerprint density at radius 2 is 1.58 bits per heavy atom. The van der Waals surface area contributed by atoms with Crippen LogP contribution >= 0.6 is 23.2 Å². The molecule has 0 saturated carbocycles. The van der Waals surface area contributed by atoms with Crippen molar-refractivity contribution in [2.45, 2.75) is 6.54 Å². The van der Waals surface area contributed by atoms with Gasteiger partial charge in [0.1, 0.15) is 5.75 Å². The fraction of sp³-hybridized carbons (Fsp3) is 0.136. The second-order valence-corrected chi connectivity index (χ2v) is 9.52. The molecular formula is C22H20Cl2N2O4S. The van der Waals surface area contributed by atoms with Gasteiger partial charge < -0.3 is 10.1 Å². The Bertz CT molecular complexity index is 1180. The van der Waals surface area contributed by atoms with Crippen LogP contribution in [0.5, 0.6) is 5.75 Å². The second-order valence-electron chi connectivity index (χ2n) is 6.74. The van der Waals surface area contributed by atoms with E-state index in [0.717, 1.165) is 11.8 Å². The number of nitrogens with one attached hydrogen (secondary N) is 1. The van der Waals surface area contributed by atoms with Crippen molar-refractivity contribution in [2.75, 3.05) is 23.0 Å². The van der Waals surface area contributed by atoms with E-state index in [-0.39, 0.29) is 12.5 Å². The highest BCUT2D eigenvalue weighted by Gasteiger charge is 2.19. The molecular weight excluding hydrogens is 459 g/mol. The molecule has 1 N–H and O–H groups in total. The van der Waals surface area contributed by atoms with Gasteiger partial charge in [0.15, 0.2) is 0 Å². The smallest absolute Gasteiger partial charge is 0.255 e. The molecule has 0 spiro atoms. The zero-order chi connectivity index (χ0) is 22.6. The first-order valence-corrected chi connectivity index (χ1v) is 11.7. The van der Waals surface area contributed by atoms with Crippen molar-refractivity contribution in [1.29, 1.82) is 0 Å². The van der Waals surface area contributed by atoms with Crippen LogP contribution in [0.3, 0.4) is 0 Å². The van der Waals surface area contributed by atoms with Crippen LogP contribution in [-0.4, -0.2) is 27.7 Å². The highest BCUT2D eigenvalue weighted by atomic mass is 35.5. The van der Waals surface area contributed by atoms with Gasteiger partial charge in [-0.25, -0.2) is 8.42 Å². The summed E-state index contributed by atoms with van der Waals surface area (Å²) in [6.07, 6.45) is 1.13. The standard InChI is InChI=1S/C22H20Cl2N2O4S/c1-30-21-12-9-18(24)13-20(21)25-22(27)16-5-10-19(11-6-16)26(31(2,28)29)14-15-3-7-17(23)8-4-15/h3-13H,14H2,1-2H3,(H,25,27). The summed E-state index contributed by atoms with van der Waals surface area (Å²) in [6, 6.07) is 18.1. The fourth-order valence-electron chi connectivity index (χ4n) is 2.91. The molecule has 1 amide bonds. The SMILES string of the molecule is COc1ccc(Cl)cc1NC(=O)c1ccc(N(Cc2ccc(Cl)cc2)S(C)(=O)=O)cc1. The number of rotatable bonds is 7. The summed E-state index contributed by atoms with van der Waals surface area (Å²) in [4.78, 5) is 12.6. The first-order chi connectivity index (χ1) is 14.7. The van der Waals surface area contributed by atoms with Crippen LogP contribution in [0.2, 0.25) is 10.0 Å². The van der Waals surface area contributed by atoms with Crippen LogP contribution in [0.4, 0.5) is 11.4 Å². The van der Waals surface area contributed by atoms with Gasteiger partial charge in [0, 0.05) is 15.6 Å². The van der Waals surface area contributed by atoms with Crippen LogP contribution in [0.25, 0.3) is 0 Å². The normalized spacial score (nSPS) is 11.1. The number of benzene rings is 3. The van der Waals surface area contributed by atoms with Gasteiger partial charge in [0.2, 0.25) is 10.0 Å². The lowest BCUT2D eigenvalue weighted by Crippen LogP contribution is -2.29. The fourth-order valence-corrected chi connectivity index (χ4v) is 4.09. The highest BCUT2D eigenvalue weighted by molar-refractivity contribution is 7.92. The molecule has 3 aromatic carbocycles. The molecule has 0 aliphatic heterocycles. The number of sulfonamides is 1. The summed E-state index contributed by atoms with van der Waals surface area (Å²) < 4.78 is 31.2. The third-order valence-corrected chi connectivity index (χ3v) is 6.09. The van der Waals surface area contributed by atoms with Crippen LogP contribution in [0.15, 0.2) is 66.7 Å². The lowest BCUT2D eigenvalue weighted by atomic mass is 10.1. The monoisotopic (exact) mass is 478 g/mol. The third kappa shape index (κ3) is 5.91. The average molecular weight is 479 g/mol. The number of carbonyl (C=O) groups excluding carboxylic acids is 1. The zero-order valence-corrected chi connectivity index (χ0v) is 19.1. The predicted molar refractivity (Wildman–Crippen MR) is 125 cm³/mol. The van der Waals surface area contributed by atoms with Gasteiger partial charge >= 0.3 is 0 Å². The summed E-state index contributed by atoms with van der Waals surface area (Å²) >= 11 is 11.9. The minimum atomic E-state index is -3.55. The quantitative estimate of drug-likeness (QED) is 0.504. The first-order valence-electron chi connectivity index (χ1n) is 9.14. The largest absolute Gasteiger partial charge is 0.495 e. The van der Waals surface area contributed by atoms with Crippen molar-refractivity contribution < 1.29 is 17.9 Å². The van der Waals surface area contributed by atoms with Crippen molar-refractivity contribution in [3.05, 3.63) is 87.9 Å². The van der Waals surface area contributed by atoms with E-state index in [1.807, 2.05) is 0 Å². The maximum absolute atomic E-state index is 12.6. The Labute approximate surface area is 191 Å². The molecule has 9 heteroatoms. The number of anilines is 2. The Kier molecular flexibility index (Phi) is 7.10. The van der Waals surface area contributed by atoms with Crippen LogP contribution in [0, 0.1) is 0 Å². The van der Waals surface area contributed by atoms with Gasteiger partial charge in [-0.3, -0.25) is 9.10 Å². The lowest BCUT2D eigenvalue weighted by molar-refractivity contribution is 0.102. The number of methoxy groups -OCH3 is 1. The summed E-state index contributed by atoms with van der Waals surface area (Å²) in [5.41, 5.74) is 2.01. The Hall–Kier alpha value is -2.74. The number of hydrogen-bond acceptors (Lipinski definition) is 4. The molecule has 6 nitrogen and oxygen atoms in total. The number of ether oxygens (including phenoxy) is 1. The molecule has 0 heterocycles. The molecule has 0 aliphatic carbocycles. The third-order valence-electron chi connectivity index (χ3n) is 4.47. The number of halogens is 2. The molecule has 0 unspecified atom stereocenters. The topological polar surface area (TPSA) is 75.7 Å². The minimum Gasteiger partial charge on any atom is -0.495 e. The number of nitrogens with zero attached hydrogens (tertiary/aromatic N) is 1. The zero-order valence-electron chi connectivity index (χ0n) is 16.8. The van der Waals surface area contributed by atoms with Crippen LogP contribution < -0.4 is 14.4 Å². The Balaban J connectivity index is 1.82. The molecule has 0 aromatic heterocycles. The van der Waals surface area contributed by atoms with E-state index < -0.39 is 10.0 Å². The van der Waals surface area contributed by atoms with Gasteiger partial charge in [0.05, 0.1) is 31.3 Å². The first kappa shape index (κ1) is 22.9. The van der Waals surface area contributed by atoms with Gasteiger partial charge in [0.25, 0.3) is 5.91 Å². The molecule has 0 saturated heterocycles. The van der Waals surface area contributed by atoms with E-state index in [9.17, 15) is 13.2 Å². The number of carbonyl (C=O) groups is 1. The molecule has 162 valence electrons. The summed E-state index contributed by atoms with van der Waals surface area (Å²) in [6.45, 7) is 0.140. The van der Waals surface area contributed by atoms with Crippen molar-refractivity contribution >= 4 is 50.5 Å². The molecule has 0 atom stereocenters. The number of amides is 1. The molecule has 3 aromatic rings. The molecule has 3 rings (SSSR count). The minimum absolute atomic E-state index is 0.140. The van der Waals surface area contributed by atoms with E-state index in [2.05, 4.69) is 5.32 Å². The molecule has 0 bridgehead atoms. The average Bonchev–Trinajstić information content (AvgIpc) is 2.73. The van der Waals surface area contributed by atoms with E-state index in [4.69, 9.17) is 27.9 Å². The molecule has 31 heavy (non-hydrogen) atoms. The van der Waals surface area contributed by atoms with Gasteiger partial charge in [-0.15, -0.1) is 0 Å². The molecule has 0 fully saturated rings. The maximum atomic E-state index is 12.6. The highest BCUT2D eigenvalue weighted by Crippen LogP contribution is 2.28. The van der Waals surface area contributed by atoms with Crippen molar-refractivity contribution in [3.63, 3.8) is 0 Å². The van der Waals surface area contributed by atoms with Crippen molar-refractivity contribution in [2.24, 2.45) is 0 Å². The summed E-state index contributed by atoms with van der Waals surface area (Å²) in [5, 5.41) is 3.78. The van der Waals surface area contributed by atoms with Crippen molar-refractivity contribution in [3.8, 4) is 5.75 Å². The summed E-state index contributed by atoms with van der Waals surface area (Å²) in [7, 11) is -2.06. The van der Waals surface area contributed by atoms with E-state index >= 15 is 0 Å². The Morgan fingerprint density at radius 1 is 0.968 bits per heavy atom. The maximum Gasteiger partial charge on any atom is 0.255 e. The van der Waals surface area contributed by atoms with E-state index in [0.29, 0.717) is 32.7 Å². The number of hydrogen-bond donors (Lipinski definition) is 1. The van der Waals surface area contributed by atoms with Crippen LogP contribution in [0.1, 0.15) is 15.9 Å². The summed E-state index contributed by atoms with van der Waals surface area (Å²) in [5.74, 6) is 0.0938. The van der Waals surface area contributed by atoms with E-state index in [1.54, 1.807) is 66.7 Å². The predicted octanol–water partition coefficient (Wildman–Crippen LogP) is 5.22. The van der Waals surface area contributed by atoms with Gasteiger partial charge in [-0.1, -0.05) is 35.3 Å². The van der Waals surface area contributed by atoms with Crippen molar-refractivity contribution in [1.82, 2.24) is 0 Å². The second kappa shape index (κ2) is 9.60. The Morgan fingerprint density at radius 3 is 2.16 bits per heavy atom.